The number of piperidine rings is 1. The molecule has 0 aromatic carbocycles. The average Bonchev–Trinajstić information content (AvgIpc) is 2.04. The molecule has 0 bridgehead atoms. The fourth-order valence-corrected chi connectivity index (χ4v) is 1.53. The summed E-state index contributed by atoms with van der Waals surface area (Å²) in [6, 6.07) is 0. The summed E-state index contributed by atoms with van der Waals surface area (Å²) in [5, 5.41) is 28.7. The zero-order chi connectivity index (χ0) is 9.14. The number of quaternary nitrogens is 1. The molecule has 0 unspecified atom stereocenters. The van der Waals surface area contributed by atoms with E-state index in [1.807, 2.05) is 5.32 Å². The van der Waals surface area contributed by atoms with Crippen molar-refractivity contribution in [2.75, 3.05) is 19.7 Å². The van der Waals surface area contributed by atoms with Gasteiger partial charge in [-0.25, -0.2) is 0 Å². The molecule has 1 heterocycles. The van der Waals surface area contributed by atoms with E-state index in [0.717, 1.165) is 0 Å². The average molecular weight is 212 g/mol. The van der Waals surface area contributed by atoms with Gasteiger partial charge in [-0.3, -0.25) is 4.79 Å². The van der Waals surface area contributed by atoms with E-state index in [9.17, 15) is 9.90 Å². The van der Waals surface area contributed by atoms with Crippen LogP contribution in [-0.2, 0) is 4.79 Å². The van der Waals surface area contributed by atoms with Crippen molar-refractivity contribution >= 4 is 5.97 Å². The third-order valence-electron chi connectivity index (χ3n) is 2.34. The molecule has 1 rings (SSSR count). The highest BCUT2D eigenvalue weighted by Gasteiger charge is 2.38. The van der Waals surface area contributed by atoms with Gasteiger partial charge in [0.25, 0.3) is 0 Å². The molecular weight excluding hydrogens is 198 g/mol. The Balaban J connectivity index is 0.00000144. The minimum atomic E-state index is -0.989. The minimum absolute atomic E-state index is 0. The van der Waals surface area contributed by atoms with Crippen LogP contribution in [0.1, 0.15) is 0 Å². The van der Waals surface area contributed by atoms with Gasteiger partial charge >= 0.3 is 5.97 Å². The van der Waals surface area contributed by atoms with Crippen LogP contribution in [0, 0.1) is 11.8 Å². The van der Waals surface area contributed by atoms with E-state index in [4.69, 9.17) is 10.2 Å². The standard InChI is InChI=1S/C7H13NO4.ClH/c9-3-4-1-8-2-5(6(4)10)7(11)12;/h4-6,8-10H,1-3H2,(H,11,12);1H/t4-,5-,6+;/m1./s1. The van der Waals surface area contributed by atoms with Gasteiger partial charge < -0.3 is 33.0 Å². The largest absolute Gasteiger partial charge is 1.00 e. The fraction of sp³-hybridized carbons (Fsp3) is 0.857. The molecule has 0 aromatic heterocycles. The number of hydrogen-bond acceptors (Lipinski definition) is 3. The lowest BCUT2D eigenvalue weighted by Gasteiger charge is -2.29. The highest BCUT2D eigenvalue weighted by atomic mass is 35.5. The van der Waals surface area contributed by atoms with Gasteiger partial charge in [-0.1, -0.05) is 0 Å². The Bertz CT molecular complexity index is 178. The van der Waals surface area contributed by atoms with Gasteiger partial charge in [0.15, 0.2) is 0 Å². The van der Waals surface area contributed by atoms with Crippen LogP contribution < -0.4 is 17.7 Å². The van der Waals surface area contributed by atoms with Crippen LogP contribution in [0.4, 0.5) is 0 Å². The first-order chi connectivity index (χ1) is 5.66. The Labute approximate surface area is 82.2 Å². The number of carboxylic acids is 1. The molecule has 5 nitrogen and oxygen atoms in total. The van der Waals surface area contributed by atoms with E-state index < -0.39 is 18.0 Å². The third kappa shape index (κ3) is 2.80. The summed E-state index contributed by atoms with van der Waals surface area (Å²) < 4.78 is 0. The first-order valence-electron chi connectivity index (χ1n) is 4.00. The van der Waals surface area contributed by atoms with Gasteiger partial charge in [0.1, 0.15) is 5.92 Å². The molecule has 6 heteroatoms. The molecule has 0 spiro atoms. The van der Waals surface area contributed by atoms with E-state index in [0.29, 0.717) is 13.1 Å². The first kappa shape index (κ1) is 12.6. The Morgan fingerprint density at radius 3 is 2.54 bits per heavy atom. The Hall–Kier alpha value is -0.360. The Kier molecular flexibility index (Phi) is 5.24. The van der Waals surface area contributed by atoms with E-state index in [2.05, 4.69) is 0 Å². The first-order valence-corrected chi connectivity index (χ1v) is 4.00. The number of hydrogen-bond donors (Lipinski definition) is 4. The topological polar surface area (TPSA) is 94.4 Å². The molecule has 1 aliphatic heterocycles. The summed E-state index contributed by atoms with van der Waals surface area (Å²) in [5.41, 5.74) is 0. The second-order valence-electron chi connectivity index (χ2n) is 3.14. The van der Waals surface area contributed by atoms with Gasteiger partial charge in [0.05, 0.1) is 31.7 Å². The number of rotatable bonds is 2. The monoisotopic (exact) mass is 211 g/mol. The summed E-state index contributed by atoms with van der Waals surface area (Å²) in [5.74, 6) is -2.03. The molecule has 0 amide bonds. The number of nitrogens with two attached hydrogens (primary N) is 1. The maximum Gasteiger partial charge on any atom is 0.314 e. The smallest absolute Gasteiger partial charge is 0.314 e. The van der Waals surface area contributed by atoms with E-state index in [1.165, 1.54) is 0 Å². The van der Waals surface area contributed by atoms with Gasteiger partial charge in [-0.2, -0.15) is 0 Å². The normalized spacial score (nSPS) is 33.5. The minimum Gasteiger partial charge on any atom is -1.00 e. The van der Waals surface area contributed by atoms with E-state index in [1.54, 1.807) is 0 Å². The lowest BCUT2D eigenvalue weighted by molar-refractivity contribution is -0.677. The molecule has 78 valence electrons. The number of aliphatic hydroxyl groups is 2. The molecule has 13 heavy (non-hydrogen) atoms. The van der Waals surface area contributed by atoms with Crippen molar-refractivity contribution in [1.82, 2.24) is 0 Å². The van der Waals surface area contributed by atoms with Crippen LogP contribution in [0.25, 0.3) is 0 Å². The van der Waals surface area contributed by atoms with Crippen LogP contribution in [0.3, 0.4) is 0 Å². The zero-order valence-corrected chi connectivity index (χ0v) is 7.81. The summed E-state index contributed by atoms with van der Waals surface area (Å²) in [4.78, 5) is 10.6. The maximum absolute atomic E-state index is 10.6. The van der Waals surface area contributed by atoms with E-state index >= 15 is 0 Å². The van der Waals surface area contributed by atoms with Gasteiger partial charge in [-0.05, 0) is 0 Å². The third-order valence-corrected chi connectivity index (χ3v) is 2.34. The molecule has 3 atom stereocenters. The lowest BCUT2D eigenvalue weighted by Crippen LogP contribution is -3.00. The summed E-state index contributed by atoms with van der Waals surface area (Å²) in [7, 11) is 0. The van der Waals surface area contributed by atoms with Gasteiger partial charge in [0, 0.05) is 0 Å². The summed E-state index contributed by atoms with van der Waals surface area (Å²) in [6.45, 7) is 0.843. The quantitative estimate of drug-likeness (QED) is 0.366. The van der Waals surface area contributed by atoms with Crippen LogP contribution in [0.5, 0.6) is 0 Å². The molecule has 0 aromatic rings. The molecule has 0 radical (unpaired) electrons. The Morgan fingerprint density at radius 1 is 1.46 bits per heavy atom. The van der Waals surface area contributed by atoms with Crippen LogP contribution >= 0.6 is 0 Å². The van der Waals surface area contributed by atoms with Crippen molar-refractivity contribution in [3.63, 3.8) is 0 Å². The molecule has 1 saturated heterocycles. The number of halogens is 1. The van der Waals surface area contributed by atoms with Crippen molar-refractivity contribution in [3.8, 4) is 0 Å². The van der Waals surface area contributed by atoms with Crippen molar-refractivity contribution in [2.45, 2.75) is 6.10 Å². The summed E-state index contributed by atoms with van der Waals surface area (Å²) in [6.07, 6.45) is -0.905. The maximum atomic E-state index is 10.6. The van der Waals surface area contributed by atoms with Crippen molar-refractivity contribution in [2.24, 2.45) is 11.8 Å². The Morgan fingerprint density at radius 2 is 2.08 bits per heavy atom. The lowest BCUT2D eigenvalue weighted by atomic mass is 9.88. The predicted molar refractivity (Wildman–Crippen MR) is 39.4 cm³/mol. The van der Waals surface area contributed by atoms with Crippen molar-refractivity contribution in [3.05, 3.63) is 0 Å². The number of carboxylic acid groups (broad SMARTS) is 1. The highest BCUT2D eigenvalue weighted by Crippen LogP contribution is 2.13. The molecular formula is C7H14ClNO4. The predicted octanol–water partition coefficient (Wildman–Crippen LogP) is -5.76. The fourth-order valence-electron chi connectivity index (χ4n) is 1.53. The van der Waals surface area contributed by atoms with Gasteiger partial charge in [-0.15, -0.1) is 0 Å². The second-order valence-corrected chi connectivity index (χ2v) is 3.14. The van der Waals surface area contributed by atoms with Crippen LogP contribution in [0.15, 0.2) is 0 Å². The number of carbonyl (C=O) groups is 1. The zero-order valence-electron chi connectivity index (χ0n) is 7.06. The number of aliphatic hydroxyl groups excluding tert-OH is 2. The number of aliphatic carboxylic acids is 1. The van der Waals surface area contributed by atoms with Gasteiger partial charge in [0.2, 0.25) is 0 Å². The molecule has 1 fully saturated rings. The SMILES string of the molecule is O=C(O)[C@@H]1C[NH2+]C[C@H](CO)[C@@H]1O.[Cl-]. The molecule has 0 saturated carbocycles. The second kappa shape index (κ2) is 5.39. The molecule has 1 aliphatic rings. The van der Waals surface area contributed by atoms with E-state index in [-0.39, 0.29) is 24.9 Å². The van der Waals surface area contributed by atoms with Crippen LogP contribution in [-0.4, -0.2) is 47.1 Å². The molecule has 5 N–H and O–H groups in total. The van der Waals surface area contributed by atoms with Crippen molar-refractivity contribution in [1.29, 1.82) is 0 Å². The summed E-state index contributed by atoms with van der Waals surface area (Å²) >= 11 is 0. The highest BCUT2D eigenvalue weighted by molar-refractivity contribution is 5.70. The van der Waals surface area contributed by atoms with Crippen molar-refractivity contribution < 1.29 is 37.8 Å². The molecule has 0 aliphatic carbocycles. The van der Waals surface area contributed by atoms with Crippen LogP contribution in [0.2, 0.25) is 0 Å².